The van der Waals surface area contributed by atoms with Gasteiger partial charge >= 0.3 is 0 Å². The number of aliphatic hydroxyl groups is 1. The average Bonchev–Trinajstić information content (AvgIpc) is 2.59. The van der Waals surface area contributed by atoms with Crippen LogP contribution in [0.4, 0.5) is 0 Å². The van der Waals surface area contributed by atoms with Crippen molar-refractivity contribution in [3.05, 3.63) is 11.6 Å². The number of hydrogen-bond acceptors (Lipinski definition) is 3. The van der Waals surface area contributed by atoms with Crippen LogP contribution in [-0.2, 0) is 9.47 Å². The van der Waals surface area contributed by atoms with E-state index in [1.807, 2.05) is 0 Å². The van der Waals surface area contributed by atoms with Crippen molar-refractivity contribution in [3.63, 3.8) is 0 Å². The molecule has 3 heteroatoms. The van der Waals surface area contributed by atoms with Crippen LogP contribution in [0.3, 0.4) is 0 Å². The third-order valence-electron chi connectivity index (χ3n) is 6.59. The van der Waals surface area contributed by atoms with E-state index >= 15 is 0 Å². The van der Waals surface area contributed by atoms with Gasteiger partial charge in [-0.2, -0.15) is 0 Å². The summed E-state index contributed by atoms with van der Waals surface area (Å²) in [5.74, 6) is -0.575. The van der Waals surface area contributed by atoms with Gasteiger partial charge in [0.25, 0.3) is 0 Å². The van der Waals surface area contributed by atoms with Gasteiger partial charge in [-0.3, -0.25) is 0 Å². The molecule has 5 atom stereocenters. The van der Waals surface area contributed by atoms with Crippen LogP contribution in [0.25, 0.3) is 0 Å². The summed E-state index contributed by atoms with van der Waals surface area (Å²) in [6.45, 7) is 6.88. The van der Waals surface area contributed by atoms with Gasteiger partial charge in [0.2, 0.25) is 0 Å². The van der Waals surface area contributed by atoms with Crippen molar-refractivity contribution in [1.29, 1.82) is 0 Å². The molecule has 5 rings (SSSR count). The molecule has 1 saturated carbocycles. The predicted molar refractivity (Wildman–Crippen MR) is 66.9 cm³/mol. The highest BCUT2D eigenvalue weighted by Crippen LogP contribution is 2.76. The standard InChI is InChI=1S/C15H22O3/c1-10-4-5-12(2)13(3)7-11-8-14(13,9-16)18-15(12,6-10)17-11/h6,11,16H,4-5,7-9H2,1-3H3/t11-,12-,13-,14+,15-/m1/s1. The summed E-state index contributed by atoms with van der Waals surface area (Å²) < 4.78 is 12.7. The first-order valence-electron chi connectivity index (χ1n) is 7.08. The number of ether oxygens (including phenoxy) is 2. The SMILES string of the molecule is CC1=C[C@@]23O[C@H]4C[C@@](CO)(O2)[C@](C)(C4)[C@@]3(C)CC1. The van der Waals surface area contributed by atoms with E-state index in [1.165, 1.54) is 5.57 Å². The second kappa shape index (κ2) is 2.87. The van der Waals surface area contributed by atoms with Crippen LogP contribution in [0.2, 0.25) is 0 Å². The van der Waals surface area contributed by atoms with E-state index in [-0.39, 0.29) is 29.1 Å². The molecule has 0 amide bonds. The van der Waals surface area contributed by atoms with Gasteiger partial charge in [-0.1, -0.05) is 19.4 Å². The van der Waals surface area contributed by atoms with Gasteiger partial charge in [-0.25, -0.2) is 0 Å². The molecular weight excluding hydrogens is 228 g/mol. The van der Waals surface area contributed by atoms with E-state index in [1.54, 1.807) is 0 Å². The van der Waals surface area contributed by atoms with Crippen molar-refractivity contribution in [3.8, 4) is 0 Å². The Morgan fingerprint density at radius 2 is 2.11 bits per heavy atom. The third kappa shape index (κ3) is 0.879. The van der Waals surface area contributed by atoms with E-state index in [0.717, 1.165) is 25.7 Å². The predicted octanol–water partition coefficient (Wildman–Crippen LogP) is 2.39. The average molecular weight is 250 g/mol. The number of aliphatic hydroxyl groups excluding tert-OH is 1. The van der Waals surface area contributed by atoms with Gasteiger partial charge in [-0.05, 0) is 32.3 Å². The van der Waals surface area contributed by atoms with E-state index < -0.39 is 5.79 Å². The van der Waals surface area contributed by atoms with Crippen molar-refractivity contribution in [1.82, 2.24) is 0 Å². The van der Waals surface area contributed by atoms with Crippen molar-refractivity contribution < 1.29 is 14.6 Å². The smallest absolute Gasteiger partial charge is 0.195 e. The molecule has 0 aromatic rings. The fourth-order valence-corrected chi connectivity index (χ4v) is 5.25. The lowest BCUT2D eigenvalue weighted by atomic mass is 9.54. The van der Waals surface area contributed by atoms with Crippen LogP contribution in [0.15, 0.2) is 11.6 Å². The Balaban J connectivity index is 1.96. The summed E-state index contributed by atoms with van der Waals surface area (Å²) in [6.07, 6.45) is 6.54. The van der Waals surface area contributed by atoms with Gasteiger partial charge in [-0.15, -0.1) is 0 Å². The largest absolute Gasteiger partial charge is 0.393 e. The highest BCUT2D eigenvalue weighted by molar-refractivity contribution is 5.33. The van der Waals surface area contributed by atoms with Crippen LogP contribution >= 0.6 is 0 Å². The molecule has 0 aromatic heterocycles. The van der Waals surface area contributed by atoms with Crippen molar-refractivity contribution in [2.24, 2.45) is 10.8 Å². The van der Waals surface area contributed by atoms with E-state index in [4.69, 9.17) is 9.47 Å². The second-order valence-corrected chi connectivity index (χ2v) is 7.22. The minimum Gasteiger partial charge on any atom is -0.393 e. The third-order valence-corrected chi connectivity index (χ3v) is 6.59. The Morgan fingerprint density at radius 1 is 1.33 bits per heavy atom. The van der Waals surface area contributed by atoms with Gasteiger partial charge < -0.3 is 14.6 Å². The van der Waals surface area contributed by atoms with Gasteiger partial charge in [0.15, 0.2) is 5.79 Å². The van der Waals surface area contributed by atoms with Crippen molar-refractivity contribution >= 4 is 0 Å². The summed E-state index contributed by atoms with van der Waals surface area (Å²) in [5, 5.41) is 9.95. The molecule has 5 aliphatic rings. The molecule has 0 aromatic carbocycles. The molecule has 1 N–H and O–H groups in total. The number of hydrogen-bond donors (Lipinski definition) is 1. The second-order valence-electron chi connectivity index (χ2n) is 7.22. The summed E-state index contributed by atoms with van der Waals surface area (Å²) in [4.78, 5) is 0. The molecule has 3 heterocycles. The first kappa shape index (κ1) is 11.4. The van der Waals surface area contributed by atoms with E-state index in [0.29, 0.717) is 0 Å². The summed E-state index contributed by atoms with van der Waals surface area (Å²) in [7, 11) is 0. The zero-order chi connectivity index (χ0) is 12.8. The fraction of sp³-hybridized carbons (Fsp3) is 0.867. The zero-order valence-corrected chi connectivity index (χ0v) is 11.5. The Kier molecular flexibility index (Phi) is 1.82. The zero-order valence-electron chi connectivity index (χ0n) is 11.5. The Bertz CT molecular complexity index is 459. The Hall–Kier alpha value is -0.380. The maximum Gasteiger partial charge on any atom is 0.195 e. The normalized spacial score (nSPS) is 60.9. The molecule has 3 aliphatic heterocycles. The highest BCUT2D eigenvalue weighted by atomic mass is 16.7. The highest BCUT2D eigenvalue weighted by Gasteiger charge is 2.82. The molecule has 2 aliphatic carbocycles. The van der Waals surface area contributed by atoms with E-state index in [9.17, 15) is 5.11 Å². The Labute approximate surface area is 108 Å². The van der Waals surface area contributed by atoms with Crippen LogP contribution < -0.4 is 0 Å². The quantitative estimate of drug-likeness (QED) is 0.726. The maximum atomic E-state index is 9.95. The molecule has 100 valence electrons. The molecule has 3 nitrogen and oxygen atoms in total. The Morgan fingerprint density at radius 3 is 2.83 bits per heavy atom. The summed E-state index contributed by atoms with van der Waals surface area (Å²) in [6, 6.07) is 0. The minimum atomic E-state index is -0.575. The molecule has 0 radical (unpaired) electrons. The molecule has 0 unspecified atom stereocenters. The molecule has 4 bridgehead atoms. The van der Waals surface area contributed by atoms with Gasteiger partial charge in [0.05, 0.1) is 12.7 Å². The molecular formula is C15H22O3. The topological polar surface area (TPSA) is 38.7 Å². The summed E-state index contributed by atoms with van der Waals surface area (Å²) in [5.41, 5.74) is 1.00. The lowest BCUT2D eigenvalue weighted by molar-refractivity contribution is -0.318. The van der Waals surface area contributed by atoms with Gasteiger partial charge in [0.1, 0.15) is 5.60 Å². The number of rotatable bonds is 1. The van der Waals surface area contributed by atoms with Crippen LogP contribution in [0.5, 0.6) is 0 Å². The first-order valence-corrected chi connectivity index (χ1v) is 7.08. The first-order chi connectivity index (χ1) is 8.40. The molecule has 18 heavy (non-hydrogen) atoms. The lowest BCUT2D eigenvalue weighted by Crippen LogP contribution is -2.57. The van der Waals surface area contributed by atoms with Crippen LogP contribution in [0, 0.1) is 10.8 Å². The van der Waals surface area contributed by atoms with Gasteiger partial charge in [0, 0.05) is 17.3 Å². The van der Waals surface area contributed by atoms with Crippen molar-refractivity contribution in [2.45, 2.75) is 63.9 Å². The minimum absolute atomic E-state index is 0.00472. The monoisotopic (exact) mass is 250 g/mol. The van der Waals surface area contributed by atoms with E-state index in [2.05, 4.69) is 26.8 Å². The maximum absolute atomic E-state index is 9.95. The lowest BCUT2D eigenvalue weighted by Gasteiger charge is -2.53. The molecule has 3 saturated heterocycles. The summed E-state index contributed by atoms with van der Waals surface area (Å²) >= 11 is 0. The van der Waals surface area contributed by atoms with Crippen molar-refractivity contribution in [2.75, 3.05) is 6.61 Å². The number of allylic oxidation sites excluding steroid dienone is 1. The molecule has 1 spiro atoms. The fourth-order valence-electron chi connectivity index (χ4n) is 5.25. The van der Waals surface area contributed by atoms with Crippen LogP contribution in [-0.4, -0.2) is 29.2 Å². The van der Waals surface area contributed by atoms with Crippen LogP contribution in [0.1, 0.15) is 46.5 Å². The molecule has 4 fully saturated rings.